The lowest BCUT2D eigenvalue weighted by Gasteiger charge is -2.27. The summed E-state index contributed by atoms with van der Waals surface area (Å²) in [4.78, 5) is 0. The molecule has 112 valence electrons. The summed E-state index contributed by atoms with van der Waals surface area (Å²) in [5.41, 5.74) is 7.92. The van der Waals surface area contributed by atoms with E-state index < -0.39 is 0 Å². The van der Waals surface area contributed by atoms with E-state index in [0.717, 1.165) is 17.2 Å². The highest BCUT2D eigenvalue weighted by Gasteiger charge is 2.23. The standard InChI is InChI=1S/C17H22N2O2/c1-11-3-5-12(6-4-11)14-9-13(7-8-15(14)20-2)16-10-17(18)19-21-16/h7-12H,3-6H2,1-2H3,(H2,18,19). The molecule has 4 nitrogen and oxygen atoms in total. The molecular formula is C17H22N2O2. The van der Waals surface area contributed by atoms with Gasteiger partial charge in [-0.05, 0) is 48.4 Å². The zero-order valence-corrected chi connectivity index (χ0v) is 12.6. The summed E-state index contributed by atoms with van der Waals surface area (Å²) in [5.74, 6) is 3.49. The Bertz CT molecular complexity index is 613. The number of hydrogen-bond donors (Lipinski definition) is 1. The van der Waals surface area contributed by atoms with Gasteiger partial charge in [-0.3, -0.25) is 0 Å². The Hall–Kier alpha value is -1.97. The largest absolute Gasteiger partial charge is 0.496 e. The van der Waals surface area contributed by atoms with Gasteiger partial charge < -0.3 is 15.0 Å². The minimum Gasteiger partial charge on any atom is -0.496 e. The number of aromatic nitrogens is 1. The second-order valence-corrected chi connectivity index (χ2v) is 6.03. The molecule has 0 radical (unpaired) electrons. The monoisotopic (exact) mass is 286 g/mol. The second kappa shape index (κ2) is 5.80. The van der Waals surface area contributed by atoms with E-state index in [0.29, 0.717) is 17.5 Å². The van der Waals surface area contributed by atoms with Crippen LogP contribution in [0, 0.1) is 5.92 Å². The maximum Gasteiger partial charge on any atom is 0.169 e. The minimum atomic E-state index is 0.411. The molecule has 4 heteroatoms. The molecule has 2 N–H and O–H groups in total. The Morgan fingerprint density at radius 3 is 2.57 bits per heavy atom. The lowest BCUT2D eigenvalue weighted by atomic mass is 9.79. The molecule has 21 heavy (non-hydrogen) atoms. The molecule has 1 aliphatic carbocycles. The first-order valence-electron chi connectivity index (χ1n) is 7.58. The van der Waals surface area contributed by atoms with Crippen LogP contribution < -0.4 is 10.5 Å². The topological polar surface area (TPSA) is 61.3 Å². The van der Waals surface area contributed by atoms with Crippen molar-refractivity contribution in [2.24, 2.45) is 5.92 Å². The van der Waals surface area contributed by atoms with Gasteiger partial charge in [0, 0.05) is 11.6 Å². The molecule has 0 spiro atoms. The van der Waals surface area contributed by atoms with Crippen molar-refractivity contribution in [1.29, 1.82) is 0 Å². The van der Waals surface area contributed by atoms with Crippen LogP contribution >= 0.6 is 0 Å². The van der Waals surface area contributed by atoms with Crippen LogP contribution in [0.25, 0.3) is 11.3 Å². The van der Waals surface area contributed by atoms with Crippen molar-refractivity contribution >= 4 is 5.82 Å². The predicted molar refractivity (Wildman–Crippen MR) is 83.3 cm³/mol. The van der Waals surface area contributed by atoms with E-state index in [9.17, 15) is 0 Å². The molecule has 2 aromatic rings. The number of rotatable bonds is 3. The first-order valence-corrected chi connectivity index (χ1v) is 7.58. The summed E-state index contributed by atoms with van der Waals surface area (Å²) in [5, 5.41) is 3.76. The fraction of sp³-hybridized carbons (Fsp3) is 0.471. The normalized spacial score (nSPS) is 22.2. The van der Waals surface area contributed by atoms with Gasteiger partial charge in [-0.2, -0.15) is 0 Å². The Labute approximate surface area is 125 Å². The molecule has 0 unspecified atom stereocenters. The van der Waals surface area contributed by atoms with Crippen molar-refractivity contribution in [3.8, 4) is 17.1 Å². The fourth-order valence-corrected chi connectivity index (χ4v) is 3.20. The van der Waals surface area contributed by atoms with Gasteiger partial charge in [0.1, 0.15) is 5.75 Å². The molecule has 0 atom stereocenters. The van der Waals surface area contributed by atoms with Crippen molar-refractivity contribution in [3.63, 3.8) is 0 Å². The van der Waals surface area contributed by atoms with Crippen molar-refractivity contribution in [2.75, 3.05) is 12.8 Å². The Morgan fingerprint density at radius 2 is 1.95 bits per heavy atom. The summed E-state index contributed by atoms with van der Waals surface area (Å²) in [6, 6.07) is 7.93. The zero-order valence-electron chi connectivity index (χ0n) is 12.6. The molecule has 1 saturated carbocycles. The molecule has 0 bridgehead atoms. The quantitative estimate of drug-likeness (QED) is 0.917. The van der Waals surface area contributed by atoms with E-state index in [-0.39, 0.29) is 0 Å². The third-order valence-electron chi connectivity index (χ3n) is 4.50. The molecule has 1 heterocycles. The van der Waals surface area contributed by atoms with E-state index >= 15 is 0 Å². The van der Waals surface area contributed by atoms with E-state index in [2.05, 4.69) is 18.1 Å². The van der Waals surface area contributed by atoms with Gasteiger partial charge in [-0.1, -0.05) is 24.9 Å². The summed E-state index contributed by atoms with van der Waals surface area (Å²) in [6.07, 6.45) is 5.01. The molecule has 1 fully saturated rings. The smallest absolute Gasteiger partial charge is 0.169 e. The lowest BCUT2D eigenvalue weighted by Crippen LogP contribution is -2.11. The SMILES string of the molecule is COc1ccc(-c2cc(N)no2)cc1C1CCC(C)CC1. The number of nitrogens with two attached hydrogens (primary N) is 1. The lowest BCUT2D eigenvalue weighted by molar-refractivity contribution is 0.336. The highest BCUT2D eigenvalue weighted by Crippen LogP contribution is 2.41. The molecule has 3 rings (SSSR count). The number of hydrogen-bond acceptors (Lipinski definition) is 4. The number of ether oxygens (including phenoxy) is 1. The number of nitrogens with zero attached hydrogens (tertiary/aromatic N) is 1. The molecule has 0 amide bonds. The fourth-order valence-electron chi connectivity index (χ4n) is 3.20. The first-order chi connectivity index (χ1) is 10.2. The van der Waals surface area contributed by atoms with Crippen molar-refractivity contribution in [3.05, 3.63) is 29.8 Å². The van der Waals surface area contributed by atoms with Crippen LogP contribution in [0.4, 0.5) is 5.82 Å². The average molecular weight is 286 g/mol. The minimum absolute atomic E-state index is 0.411. The van der Waals surface area contributed by atoms with E-state index in [1.165, 1.54) is 31.2 Å². The summed E-state index contributed by atoms with van der Waals surface area (Å²) < 4.78 is 10.8. The van der Waals surface area contributed by atoms with E-state index in [4.69, 9.17) is 15.0 Å². The van der Waals surface area contributed by atoms with Crippen molar-refractivity contribution < 1.29 is 9.26 Å². The molecule has 0 saturated heterocycles. The number of benzene rings is 1. The number of methoxy groups -OCH3 is 1. The van der Waals surface area contributed by atoms with Gasteiger partial charge in [-0.15, -0.1) is 0 Å². The van der Waals surface area contributed by atoms with Crippen LogP contribution in [0.15, 0.2) is 28.8 Å². The highest BCUT2D eigenvalue weighted by atomic mass is 16.5. The van der Waals surface area contributed by atoms with Gasteiger partial charge in [0.25, 0.3) is 0 Å². The van der Waals surface area contributed by atoms with Crippen LogP contribution in [-0.4, -0.2) is 12.3 Å². The number of nitrogen functional groups attached to an aromatic ring is 1. The second-order valence-electron chi connectivity index (χ2n) is 6.03. The van der Waals surface area contributed by atoms with Crippen molar-refractivity contribution in [1.82, 2.24) is 5.16 Å². The Morgan fingerprint density at radius 1 is 1.19 bits per heavy atom. The first kappa shape index (κ1) is 14.0. The predicted octanol–water partition coefficient (Wildman–Crippen LogP) is 4.23. The van der Waals surface area contributed by atoms with Crippen LogP contribution in [-0.2, 0) is 0 Å². The average Bonchev–Trinajstić information content (AvgIpc) is 2.94. The third-order valence-corrected chi connectivity index (χ3v) is 4.50. The van der Waals surface area contributed by atoms with Crippen LogP contribution in [0.5, 0.6) is 5.75 Å². The van der Waals surface area contributed by atoms with Gasteiger partial charge in [0.2, 0.25) is 0 Å². The van der Waals surface area contributed by atoms with Crippen LogP contribution in [0.1, 0.15) is 44.1 Å². The number of anilines is 1. The zero-order chi connectivity index (χ0) is 14.8. The molecule has 1 aliphatic rings. The highest BCUT2D eigenvalue weighted by molar-refractivity contribution is 5.63. The maximum atomic E-state index is 5.64. The van der Waals surface area contributed by atoms with E-state index in [1.54, 1.807) is 13.2 Å². The summed E-state index contributed by atoms with van der Waals surface area (Å²) in [7, 11) is 1.73. The Kier molecular flexibility index (Phi) is 3.86. The van der Waals surface area contributed by atoms with Gasteiger partial charge in [0.15, 0.2) is 11.6 Å². The summed E-state index contributed by atoms with van der Waals surface area (Å²) in [6.45, 7) is 2.33. The molecule has 1 aromatic heterocycles. The van der Waals surface area contributed by atoms with E-state index in [1.807, 2.05) is 12.1 Å². The maximum absolute atomic E-state index is 5.64. The molecule has 1 aromatic carbocycles. The third kappa shape index (κ3) is 2.89. The van der Waals surface area contributed by atoms with Crippen LogP contribution in [0.2, 0.25) is 0 Å². The van der Waals surface area contributed by atoms with Gasteiger partial charge >= 0.3 is 0 Å². The molecule has 0 aliphatic heterocycles. The molecular weight excluding hydrogens is 264 g/mol. The van der Waals surface area contributed by atoms with Gasteiger partial charge in [-0.25, -0.2) is 0 Å². The van der Waals surface area contributed by atoms with Crippen molar-refractivity contribution in [2.45, 2.75) is 38.5 Å². The van der Waals surface area contributed by atoms with Crippen LogP contribution in [0.3, 0.4) is 0 Å². The summed E-state index contributed by atoms with van der Waals surface area (Å²) >= 11 is 0. The van der Waals surface area contributed by atoms with Gasteiger partial charge in [0.05, 0.1) is 7.11 Å². The Balaban J connectivity index is 1.94.